The Morgan fingerprint density at radius 1 is 1.19 bits per heavy atom. The average Bonchev–Trinajstić information content (AvgIpc) is 3.28. The van der Waals surface area contributed by atoms with Crippen molar-refractivity contribution in [3.63, 3.8) is 0 Å². The van der Waals surface area contributed by atoms with E-state index in [1.165, 1.54) is 12.1 Å². The van der Waals surface area contributed by atoms with Crippen LogP contribution in [0.1, 0.15) is 35.2 Å². The highest BCUT2D eigenvalue weighted by molar-refractivity contribution is 7.11. The molecule has 8 heteroatoms. The third-order valence-electron chi connectivity index (χ3n) is 5.31. The highest BCUT2D eigenvalue weighted by Gasteiger charge is 2.38. The number of aromatic nitrogens is 2. The number of piperidine rings is 1. The number of aryl methyl sites for hydroxylation is 1. The summed E-state index contributed by atoms with van der Waals surface area (Å²) in [6.07, 6.45) is 1.97. The van der Waals surface area contributed by atoms with E-state index in [4.69, 9.17) is 0 Å². The van der Waals surface area contributed by atoms with Gasteiger partial charge in [-0.05, 0) is 44.0 Å². The van der Waals surface area contributed by atoms with Crippen molar-refractivity contribution in [2.45, 2.75) is 32.1 Å². The van der Waals surface area contributed by atoms with Gasteiger partial charge >= 0.3 is 0 Å². The normalized spacial score (nSPS) is 21.1. The van der Waals surface area contributed by atoms with Crippen LogP contribution in [0.5, 0.6) is 0 Å². The summed E-state index contributed by atoms with van der Waals surface area (Å²) in [5.74, 6) is -0.352. The maximum atomic E-state index is 13.1. The minimum atomic E-state index is -0.341. The lowest BCUT2D eigenvalue weighted by Crippen LogP contribution is -2.42. The first-order valence-electron chi connectivity index (χ1n) is 9.16. The van der Waals surface area contributed by atoms with E-state index in [9.17, 15) is 14.0 Å². The van der Waals surface area contributed by atoms with Crippen molar-refractivity contribution < 1.29 is 14.0 Å². The zero-order valence-electron chi connectivity index (χ0n) is 15.1. The second-order valence-corrected chi connectivity index (χ2v) is 8.35. The first-order valence-corrected chi connectivity index (χ1v) is 9.97. The summed E-state index contributed by atoms with van der Waals surface area (Å²) in [4.78, 5) is 28.7. The lowest BCUT2D eigenvalue weighted by Gasteiger charge is -2.32. The van der Waals surface area contributed by atoms with E-state index in [-0.39, 0.29) is 30.0 Å². The van der Waals surface area contributed by atoms with Crippen LogP contribution in [-0.4, -0.2) is 46.5 Å². The van der Waals surface area contributed by atoms with E-state index in [2.05, 4.69) is 10.2 Å². The second kappa shape index (κ2) is 7.34. The largest absolute Gasteiger partial charge is 0.342 e. The molecule has 1 aromatic heterocycles. The molecule has 0 aliphatic carbocycles. The van der Waals surface area contributed by atoms with E-state index < -0.39 is 0 Å². The number of anilines is 1. The molecule has 2 aliphatic rings. The smallest absolute Gasteiger partial charge is 0.228 e. The minimum Gasteiger partial charge on any atom is -0.342 e. The lowest BCUT2D eigenvalue weighted by atomic mass is 9.96. The Balaban J connectivity index is 1.36. The number of amides is 2. The molecule has 2 aromatic rings. The van der Waals surface area contributed by atoms with Crippen molar-refractivity contribution in [1.29, 1.82) is 0 Å². The number of rotatable bonds is 3. The van der Waals surface area contributed by atoms with Crippen LogP contribution < -0.4 is 4.90 Å². The molecule has 4 rings (SSSR count). The topological polar surface area (TPSA) is 66.4 Å². The predicted octanol–water partition coefficient (Wildman–Crippen LogP) is 2.74. The van der Waals surface area contributed by atoms with Crippen LogP contribution in [0.15, 0.2) is 24.3 Å². The number of carbonyl (C=O) groups excluding carboxylic acids is 2. The lowest BCUT2D eigenvalue weighted by molar-refractivity contribution is -0.136. The molecule has 1 atom stereocenters. The zero-order chi connectivity index (χ0) is 19.0. The average molecular weight is 388 g/mol. The van der Waals surface area contributed by atoms with Gasteiger partial charge in [0.2, 0.25) is 11.8 Å². The van der Waals surface area contributed by atoms with E-state index in [1.807, 2.05) is 11.8 Å². The summed E-state index contributed by atoms with van der Waals surface area (Å²) < 4.78 is 13.1. The highest BCUT2D eigenvalue weighted by Crippen LogP contribution is 2.32. The van der Waals surface area contributed by atoms with E-state index in [1.54, 1.807) is 28.4 Å². The summed E-state index contributed by atoms with van der Waals surface area (Å²) in [6, 6.07) is 5.82. The Morgan fingerprint density at radius 3 is 2.52 bits per heavy atom. The highest BCUT2D eigenvalue weighted by atomic mass is 32.1. The van der Waals surface area contributed by atoms with E-state index in [0.717, 1.165) is 22.9 Å². The van der Waals surface area contributed by atoms with Crippen molar-refractivity contribution in [3.8, 4) is 0 Å². The van der Waals surface area contributed by atoms with Gasteiger partial charge in [-0.25, -0.2) is 4.39 Å². The molecule has 2 amide bonds. The molecular formula is C19H21FN4O2S. The van der Waals surface area contributed by atoms with Crippen LogP contribution in [0.2, 0.25) is 0 Å². The van der Waals surface area contributed by atoms with Crippen LogP contribution in [0.3, 0.4) is 0 Å². The number of nitrogens with zero attached hydrogens (tertiary/aromatic N) is 4. The van der Waals surface area contributed by atoms with Gasteiger partial charge in [-0.15, -0.1) is 21.5 Å². The van der Waals surface area contributed by atoms with Crippen molar-refractivity contribution in [3.05, 3.63) is 40.1 Å². The Bertz CT molecular complexity index is 846. The van der Waals surface area contributed by atoms with Gasteiger partial charge in [0.15, 0.2) is 0 Å². The summed E-state index contributed by atoms with van der Waals surface area (Å²) >= 11 is 1.62. The third-order valence-corrected chi connectivity index (χ3v) is 6.31. The first-order chi connectivity index (χ1) is 13.0. The molecule has 1 aromatic carbocycles. The Kier molecular flexibility index (Phi) is 4.90. The Hall–Kier alpha value is -2.35. The number of benzene rings is 1. The number of carbonyl (C=O) groups is 2. The molecule has 0 N–H and O–H groups in total. The molecule has 2 aliphatic heterocycles. The molecule has 0 radical (unpaired) electrons. The molecule has 142 valence electrons. The molecule has 2 saturated heterocycles. The molecular weight excluding hydrogens is 367 g/mol. The van der Waals surface area contributed by atoms with Crippen LogP contribution in [0, 0.1) is 18.7 Å². The maximum Gasteiger partial charge on any atom is 0.228 e. The standard InChI is InChI=1S/C19H21FN4O2S/c1-12-21-22-18(27-12)13-6-8-23(9-7-13)19(26)14-10-17(25)24(11-14)16-4-2-15(20)3-5-16/h2-5,13-14H,6-11H2,1H3. The molecule has 2 fully saturated rings. The summed E-state index contributed by atoms with van der Waals surface area (Å²) in [6.45, 7) is 3.68. The summed E-state index contributed by atoms with van der Waals surface area (Å²) in [5, 5.41) is 10.3. The minimum absolute atomic E-state index is 0.0415. The zero-order valence-corrected chi connectivity index (χ0v) is 15.9. The molecule has 6 nitrogen and oxygen atoms in total. The maximum absolute atomic E-state index is 13.1. The van der Waals surface area contributed by atoms with Gasteiger partial charge < -0.3 is 9.80 Å². The van der Waals surface area contributed by atoms with E-state index in [0.29, 0.717) is 31.2 Å². The fraction of sp³-hybridized carbons (Fsp3) is 0.474. The second-order valence-electron chi connectivity index (χ2n) is 7.14. The van der Waals surface area contributed by atoms with Gasteiger partial charge in [0, 0.05) is 37.7 Å². The van der Waals surface area contributed by atoms with Gasteiger partial charge in [0.1, 0.15) is 15.8 Å². The molecule has 27 heavy (non-hydrogen) atoms. The predicted molar refractivity (Wildman–Crippen MR) is 100 cm³/mol. The Labute approximate surface area is 161 Å². The number of hydrogen-bond acceptors (Lipinski definition) is 5. The van der Waals surface area contributed by atoms with Gasteiger partial charge in [-0.2, -0.15) is 0 Å². The van der Waals surface area contributed by atoms with Gasteiger partial charge in [0.05, 0.1) is 5.92 Å². The molecule has 0 bridgehead atoms. The third kappa shape index (κ3) is 3.71. The van der Waals surface area contributed by atoms with Crippen molar-refractivity contribution in [1.82, 2.24) is 15.1 Å². The van der Waals surface area contributed by atoms with Gasteiger partial charge in [-0.1, -0.05) is 0 Å². The number of likely N-dealkylation sites (tertiary alicyclic amines) is 1. The number of hydrogen-bond donors (Lipinski definition) is 0. The van der Waals surface area contributed by atoms with Crippen molar-refractivity contribution in [2.24, 2.45) is 5.92 Å². The quantitative estimate of drug-likeness (QED) is 0.811. The van der Waals surface area contributed by atoms with Crippen LogP contribution in [0.25, 0.3) is 0 Å². The Morgan fingerprint density at radius 2 is 1.89 bits per heavy atom. The van der Waals surface area contributed by atoms with Gasteiger partial charge in [-0.3, -0.25) is 9.59 Å². The first kappa shape index (κ1) is 18.0. The SMILES string of the molecule is Cc1nnc(C2CCN(C(=O)C3CC(=O)N(c4ccc(F)cc4)C3)CC2)s1. The molecule has 3 heterocycles. The molecule has 1 unspecified atom stereocenters. The fourth-order valence-electron chi connectivity index (χ4n) is 3.83. The summed E-state index contributed by atoms with van der Waals surface area (Å²) in [7, 11) is 0. The summed E-state index contributed by atoms with van der Waals surface area (Å²) in [5.41, 5.74) is 0.641. The van der Waals surface area contributed by atoms with Crippen LogP contribution >= 0.6 is 11.3 Å². The monoisotopic (exact) mass is 388 g/mol. The molecule has 0 saturated carbocycles. The van der Waals surface area contributed by atoms with Gasteiger partial charge in [0.25, 0.3) is 0 Å². The number of halogens is 1. The fourth-order valence-corrected chi connectivity index (χ4v) is 4.69. The van der Waals surface area contributed by atoms with Crippen molar-refractivity contribution in [2.75, 3.05) is 24.5 Å². The van der Waals surface area contributed by atoms with Crippen LogP contribution in [0.4, 0.5) is 10.1 Å². The van der Waals surface area contributed by atoms with Crippen LogP contribution in [-0.2, 0) is 9.59 Å². The molecule has 0 spiro atoms. The van der Waals surface area contributed by atoms with E-state index >= 15 is 0 Å². The van der Waals surface area contributed by atoms with Crippen molar-refractivity contribution >= 4 is 28.8 Å².